The minimum atomic E-state index is -0.295. The molecule has 1 amide bonds. The van der Waals surface area contributed by atoms with E-state index in [1.54, 1.807) is 14.0 Å². The highest BCUT2D eigenvalue weighted by Gasteiger charge is 2.13. The fourth-order valence-corrected chi connectivity index (χ4v) is 3.10. The molecule has 0 fully saturated rings. The van der Waals surface area contributed by atoms with Crippen molar-refractivity contribution in [2.75, 3.05) is 19.0 Å². The van der Waals surface area contributed by atoms with Crippen molar-refractivity contribution in [3.63, 3.8) is 0 Å². The zero-order chi connectivity index (χ0) is 18.5. The number of benzene rings is 1. The second kappa shape index (κ2) is 8.07. The Morgan fingerprint density at radius 1 is 1.23 bits per heavy atom. The number of aryl methyl sites for hydroxylation is 2. The molecule has 0 aliphatic rings. The normalized spacial score (nSPS) is 10.7. The maximum absolute atomic E-state index is 12.0. The maximum atomic E-state index is 12.0. The van der Waals surface area contributed by atoms with Gasteiger partial charge in [-0.15, -0.1) is 11.3 Å². The lowest BCUT2D eigenvalue weighted by Gasteiger charge is -2.02. The molecule has 0 aliphatic carbocycles. The molecule has 3 rings (SSSR count). The van der Waals surface area contributed by atoms with Crippen LogP contribution in [-0.4, -0.2) is 34.7 Å². The Hall–Kier alpha value is -2.78. The van der Waals surface area contributed by atoms with Crippen molar-refractivity contribution < 1.29 is 18.8 Å². The topological polar surface area (TPSA) is 99.4 Å². The molecule has 0 unspecified atom stereocenters. The van der Waals surface area contributed by atoms with Gasteiger partial charge in [-0.1, -0.05) is 5.16 Å². The molecule has 1 N–H and O–H groups in total. The molecule has 3 aromatic rings. The highest BCUT2D eigenvalue weighted by atomic mass is 32.1. The van der Waals surface area contributed by atoms with Crippen molar-refractivity contribution in [2.24, 2.45) is 0 Å². The van der Waals surface area contributed by atoms with Crippen LogP contribution in [0.15, 0.2) is 28.8 Å². The molecule has 1 aromatic carbocycles. The Morgan fingerprint density at radius 2 is 2.00 bits per heavy atom. The number of hydrogen-bond donors (Lipinski definition) is 1. The van der Waals surface area contributed by atoms with Crippen LogP contribution in [0, 0.1) is 13.8 Å². The first kappa shape index (κ1) is 18.0. The molecule has 8 nitrogen and oxygen atoms in total. The van der Waals surface area contributed by atoms with Gasteiger partial charge in [-0.05, 0) is 38.1 Å². The highest BCUT2D eigenvalue weighted by Crippen LogP contribution is 2.31. The summed E-state index contributed by atoms with van der Waals surface area (Å²) >= 11 is 1.41. The molecule has 0 saturated carbocycles. The Bertz CT molecular complexity index is 889. The molecule has 0 saturated heterocycles. The predicted octanol–water partition coefficient (Wildman–Crippen LogP) is 2.97. The van der Waals surface area contributed by atoms with E-state index in [4.69, 9.17) is 14.0 Å². The standard InChI is InChI=1S/C17H18N4O4S/c1-10-16(12-4-6-13(23-3)7-5-12)20-17(26-10)19-14(22)8-24-9-15-18-11(2)21-25-15/h4-7H,8-9H2,1-3H3,(H,19,20,22). The van der Waals surface area contributed by atoms with E-state index in [0.29, 0.717) is 16.8 Å². The van der Waals surface area contributed by atoms with Crippen LogP contribution in [0.25, 0.3) is 11.3 Å². The van der Waals surface area contributed by atoms with Gasteiger partial charge in [-0.2, -0.15) is 4.98 Å². The van der Waals surface area contributed by atoms with Gasteiger partial charge in [0.15, 0.2) is 11.0 Å². The summed E-state index contributed by atoms with van der Waals surface area (Å²) in [6, 6.07) is 7.61. The Kier molecular flexibility index (Phi) is 5.59. The van der Waals surface area contributed by atoms with Crippen LogP contribution in [0.2, 0.25) is 0 Å². The molecule has 136 valence electrons. The number of nitrogens with one attached hydrogen (secondary N) is 1. The molecule has 26 heavy (non-hydrogen) atoms. The van der Waals surface area contributed by atoms with Crippen LogP contribution in [-0.2, 0) is 16.1 Å². The maximum Gasteiger partial charge on any atom is 0.252 e. The van der Waals surface area contributed by atoms with Crippen LogP contribution in [0.4, 0.5) is 5.13 Å². The lowest BCUT2D eigenvalue weighted by atomic mass is 10.1. The summed E-state index contributed by atoms with van der Waals surface area (Å²) in [4.78, 5) is 21.5. The number of ether oxygens (including phenoxy) is 2. The number of nitrogens with zero attached hydrogens (tertiary/aromatic N) is 3. The second-order valence-electron chi connectivity index (χ2n) is 5.43. The number of methoxy groups -OCH3 is 1. The number of amides is 1. The lowest BCUT2D eigenvalue weighted by Crippen LogP contribution is -2.18. The van der Waals surface area contributed by atoms with Crippen molar-refractivity contribution in [3.8, 4) is 17.0 Å². The van der Waals surface area contributed by atoms with E-state index in [1.165, 1.54) is 11.3 Å². The van der Waals surface area contributed by atoms with Gasteiger partial charge in [0.1, 0.15) is 19.0 Å². The zero-order valence-corrected chi connectivity index (χ0v) is 15.4. The van der Waals surface area contributed by atoms with Crippen LogP contribution < -0.4 is 10.1 Å². The molecular weight excluding hydrogens is 356 g/mol. The fraction of sp³-hybridized carbons (Fsp3) is 0.294. The number of rotatable bonds is 7. The smallest absolute Gasteiger partial charge is 0.252 e. The third-order valence-corrected chi connectivity index (χ3v) is 4.32. The van der Waals surface area contributed by atoms with Gasteiger partial charge in [0.05, 0.1) is 12.8 Å². The quantitative estimate of drug-likeness (QED) is 0.678. The van der Waals surface area contributed by atoms with Crippen molar-refractivity contribution >= 4 is 22.4 Å². The van der Waals surface area contributed by atoms with Crippen LogP contribution in [0.1, 0.15) is 16.6 Å². The first-order valence-corrected chi connectivity index (χ1v) is 8.65. The average Bonchev–Trinajstić information content (AvgIpc) is 3.20. The molecular formula is C17H18N4O4S. The van der Waals surface area contributed by atoms with E-state index in [2.05, 4.69) is 20.4 Å². The van der Waals surface area contributed by atoms with Gasteiger partial charge in [0.2, 0.25) is 0 Å². The number of carbonyl (C=O) groups is 1. The van der Waals surface area contributed by atoms with Gasteiger partial charge in [-0.3, -0.25) is 10.1 Å². The number of carbonyl (C=O) groups excluding carboxylic acids is 1. The van der Waals surface area contributed by atoms with E-state index in [0.717, 1.165) is 21.9 Å². The Labute approximate surface area is 154 Å². The number of hydrogen-bond acceptors (Lipinski definition) is 8. The highest BCUT2D eigenvalue weighted by molar-refractivity contribution is 7.16. The van der Waals surface area contributed by atoms with Crippen molar-refractivity contribution in [2.45, 2.75) is 20.5 Å². The van der Waals surface area contributed by atoms with E-state index >= 15 is 0 Å². The monoisotopic (exact) mass is 374 g/mol. The molecule has 9 heteroatoms. The van der Waals surface area contributed by atoms with Crippen LogP contribution >= 0.6 is 11.3 Å². The summed E-state index contributed by atoms with van der Waals surface area (Å²) in [5.74, 6) is 1.35. The molecule has 2 heterocycles. The minimum absolute atomic E-state index is 0.0856. The molecule has 0 radical (unpaired) electrons. The van der Waals surface area contributed by atoms with Crippen LogP contribution in [0.3, 0.4) is 0 Å². The summed E-state index contributed by atoms with van der Waals surface area (Å²) < 4.78 is 15.3. The second-order valence-corrected chi connectivity index (χ2v) is 6.63. The number of anilines is 1. The summed E-state index contributed by atoms with van der Waals surface area (Å²) in [5, 5.41) is 6.91. The van der Waals surface area contributed by atoms with Gasteiger partial charge >= 0.3 is 0 Å². The number of thiazole rings is 1. The molecule has 0 spiro atoms. The average molecular weight is 374 g/mol. The van der Waals surface area contributed by atoms with Crippen molar-refractivity contribution in [3.05, 3.63) is 40.9 Å². The van der Waals surface area contributed by atoms with E-state index < -0.39 is 0 Å². The molecule has 0 bridgehead atoms. The van der Waals surface area contributed by atoms with E-state index in [1.807, 2.05) is 31.2 Å². The SMILES string of the molecule is COc1ccc(-c2nc(NC(=O)COCc3nc(C)no3)sc2C)cc1. The fourth-order valence-electron chi connectivity index (χ4n) is 2.25. The molecule has 2 aromatic heterocycles. The van der Waals surface area contributed by atoms with E-state index in [9.17, 15) is 4.79 Å². The van der Waals surface area contributed by atoms with Crippen LogP contribution in [0.5, 0.6) is 5.75 Å². The van der Waals surface area contributed by atoms with Crippen molar-refractivity contribution in [1.29, 1.82) is 0 Å². The van der Waals surface area contributed by atoms with Gasteiger partial charge in [0, 0.05) is 10.4 Å². The largest absolute Gasteiger partial charge is 0.497 e. The summed E-state index contributed by atoms with van der Waals surface area (Å²) in [6.45, 7) is 3.63. The Morgan fingerprint density at radius 3 is 2.65 bits per heavy atom. The van der Waals surface area contributed by atoms with Crippen molar-refractivity contribution in [1.82, 2.24) is 15.1 Å². The van der Waals surface area contributed by atoms with Gasteiger partial charge in [0.25, 0.3) is 11.8 Å². The van der Waals surface area contributed by atoms with E-state index in [-0.39, 0.29) is 19.1 Å². The summed E-state index contributed by atoms with van der Waals surface area (Å²) in [6.07, 6.45) is 0. The Balaban J connectivity index is 1.56. The van der Waals surface area contributed by atoms with Gasteiger partial charge < -0.3 is 14.0 Å². The first-order chi connectivity index (χ1) is 12.5. The third kappa shape index (κ3) is 4.44. The van der Waals surface area contributed by atoms with Gasteiger partial charge in [-0.25, -0.2) is 4.98 Å². The zero-order valence-electron chi connectivity index (χ0n) is 14.6. The molecule has 0 atom stereocenters. The first-order valence-electron chi connectivity index (χ1n) is 7.84. The predicted molar refractivity (Wildman–Crippen MR) is 96.2 cm³/mol. The third-order valence-electron chi connectivity index (χ3n) is 3.43. The summed E-state index contributed by atoms with van der Waals surface area (Å²) in [5.41, 5.74) is 1.79. The summed E-state index contributed by atoms with van der Waals surface area (Å²) in [7, 11) is 1.62. The minimum Gasteiger partial charge on any atom is -0.497 e. The number of aromatic nitrogens is 3. The molecule has 0 aliphatic heterocycles. The lowest BCUT2D eigenvalue weighted by molar-refractivity contribution is -0.121.